The number of hydrogen-bond donors (Lipinski definition) is 3. The molecule has 0 fully saturated rings. The van der Waals surface area contributed by atoms with Gasteiger partial charge in [-0.25, -0.2) is 9.48 Å². The molecule has 1 heterocycles. The number of carbonyl (C=O) groups is 1. The maximum Gasteiger partial charge on any atom is 0.422 e. The molecule has 0 saturated carbocycles. The number of aromatic nitrogens is 2. The minimum absolute atomic E-state index is 0.0144. The summed E-state index contributed by atoms with van der Waals surface area (Å²) in [4.78, 5) is 10.9. The Morgan fingerprint density at radius 3 is 2.45 bits per heavy atom. The predicted molar refractivity (Wildman–Crippen MR) is 61.6 cm³/mol. The second kappa shape index (κ2) is 4.44. The van der Waals surface area contributed by atoms with E-state index in [-0.39, 0.29) is 11.4 Å². The minimum atomic E-state index is -4.95. The summed E-state index contributed by atoms with van der Waals surface area (Å²) in [5, 5.41) is 21.4. The van der Waals surface area contributed by atoms with Crippen LogP contribution >= 0.6 is 0 Å². The van der Waals surface area contributed by atoms with Gasteiger partial charge in [0, 0.05) is 6.07 Å². The number of phenols is 1. The molecular formula is C11H8F3N3O3. The van der Waals surface area contributed by atoms with Crippen LogP contribution in [0.3, 0.4) is 0 Å². The average molecular weight is 287 g/mol. The molecule has 0 unspecified atom stereocenters. The SMILES string of the molecule is Nc1c(C(F)(F)F)c(C(=O)O)nn1-c1cccc(O)c1. The van der Waals surface area contributed by atoms with E-state index in [2.05, 4.69) is 5.10 Å². The Kier molecular flexibility index (Phi) is 3.04. The van der Waals surface area contributed by atoms with Crippen LogP contribution in [0.1, 0.15) is 16.1 Å². The quantitative estimate of drug-likeness (QED) is 0.782. The Labute approximate surface area is 109 Å². The van der Waals surface area contributed by atoms with Gasteiger partial charge in [0.25, 0.3) is 0 Å². The Balaban J connectivity index is 2.71. The lowest BCUT2D eigenvalue weighted by Crippen LogP contribution is -2.13. The third kappa shape index (κ3) is 2.25. The van der Waals surface area contributed by atoms with E-state index in [4.69, 9.17) is 10.8 Å². The molecule has 0 radical (unpaired) electrons. The molecule has 1 aromatic carbocycles. The molecule has 6 nitrogen and oxygen atoms in total. The first-order chi connectivity index (χ1) is 9.21. The lowest BCUT2D eigenvalue weighted by molar-refractivity contribution is -0.137. The highest BCUT2D eigenvalue weighted by molar-refractivity contribution is 5.89. The number of nitrogens with two attached hydrogens (primary N) is 1. The van der Waals surface area contributed by atoms with Crippen LogP contribution in [0.25, 0.3) is 5.69 Å². The fourth-order valence-electron chi connectivity index (χ4n) is 1.68. The number of rotatable bonds is 2. The van der Waals surface area contributed by atoms with Crippen molar-refractivity contribution in [2.75, 3.05) is 5.73 Å². The number of benzene rings is 1. The maximum atomic E-state index is 12.8. The predicted octanol–water partition coefficient (Wildman–Crippen LogP) is 1.88. The molecule has 0 amide bonds. The van der Waals surface area contributed by atoms with Crippen molar-refractivity contribution in [2.45, 2.75) is 6.18 Å². The number of carboxylic acids is 1. The third-order valence-corrected chi connectivity index (χ3v) is 2.48. The van der Waals surface area contributed by atoms with Crippen molar-refractivity contribution in [3.8, 4) is 11.4 Å². The summed E-state index contributed by atoms with van der Waals surface area (Å²) >= 11 is 0. The third-order valence-electron chi connectivity index (χ3n) is 2.48. The summed E-state index contributed by atoms with van der Waals surface area (Å²) in [6, 6.07) is 5.09. The van der Waals surface area contributed by atoms with Crippen LogP contribution in [0.5, 0.6) is 5.75 Å². The summed E-state index contributed by atoms with van der Waals surface area (Å²) in [5.41, 5.74) is 2.64. The highest BCUT2D eigenvalue weighted by Gasteiger charge is 2.41. The molecule has 4 N–H and O–H groups in total. The first kappa shape index (κ1) is 13.7. The lowest BCUT2D eigenvalue weighted by atomic mass is 10.2. The Morgan fingerprint density at radius 1 is 1.35 bits per heavy atom. The lowest BCUT2D eigenvalue weighted by Gasteiger charge is -2.07. The second-order valence-corrected chi connectivity index (χ2v) is 3.84. The van der Waals surface area contributed by atoms with Gasteiger partial charge in [-0.05, 0) is 12.1 Å². The number of aromatic hydroxyl groups is 1. The topological polar surface area (TPSA) is 101 Å². The first-order valence-electron chi connectivity index (χ1n) is 5.20. The molecule has 9 heteroatoms. The molecule has 0 aliphatic carbocycles. The first-order valence-corrected chi connectivity index (χ1v) is 5.20. The van der Waals surface area contributed by atoms with E-state index in [9.17, 15) is 23.1 Å². The smallest absolute Gasteiger partial charge is 0.422 e. The number of carboxylic acid groups (broad SMARTS) is 1. The number of hydrogen-bond acceptors (Lipinski definition) is 4. The van der Waals surface area contributed by atoms with Gasteiger partial charge in [-0.3, -0.25) is 0 Å². The van der Waals surface area contributed by atoms with Crippen LogP contribution in [0, 0.1) is 0 Å². The maximum absolute atomic E-state index is 12.8. The molecule has 1 aromatic heterocycles. The zero-order valence-electron chi connectivity index (χ0n) is 9.72. The molecular weight excluding hydrogens is 279 g/mol. The molecule has 0 saturated heterocycles. The largest absolute Gasteiger partial charge is 0.508 e. The minimum Gasteiger partial charge on any atom is -0.508 e. The highest BCUT2D eigenvalue weighted by atomic mass is 19.4. The standard InChI is InChI=1S/C11H8F3N3O3/c12-11(13,14)7-8(10(19)20)16-17(9(7)15)5-2-1-3-6(18)4-5/h1-4,18H,15H2,(H,19,20). The van der Waals surface area contributed by atoms with Crippen LogP contribution in [-0.2, 0) is 6.18 Å². The number of anilines is 1. The Hall–Kier alpha value is -2.71. The Bertz CT molecular complexity index is 679. The van der Waals surface area contributed by atoms with E-state index in [1.54, 1.807) is 0 Å². The van der Waals surface area contributed by atoms with Gasteiger partial charge in [-0.2, -0.15) is 18.3 Å². The second-order valence-electron chi connectivity index (χ2n) is 3.84. The van der Waals surface area contributed by atoms with Crippen molar-refractivity contribution in [1.29, 1.82) is 0 Å². The zero-order valence-corrected chi connectivity index (χ0v) is 9.72. The van der Waals surface area contributed by atoms with Gasteiger partial charge in [0.05, 0.1) is 5.69 Å². The van der Waals surface area contributed by atoms with Crippen LogP contribution in [0.15, 0.2) is 24.3 Å². The van der Waals surface area contributed by atoms with Crippen molar-refractivity contribution in [3.05, 3.63) is 35.5 Å². The van der Waals surface area contributed by atoms with Crippen LogP contribution in [0.4, 0.5) is 19.0 Å². The van der Waals surface area contributed by atoms with E-state index in [1.165, 1.54) is 18.2 Å². The summed E-state index contributed by atoms with van der Waals surface area (Å²) in [5.74, 6) is -2.92. The van der Waals surface area contributed by atoms with Gasteiger partial charge in [-0.1, -0.05) is 6.07 Å². The van der Waals surface area contributed by atoms with Crippen LogP contribution < -0.4 is 5.73 Å². The van der Waals surface area contributed by atoms with Crippen molar-refractivity contribution >= 4 is 11.8 Å². The molecule has 20 heavy (non-hydrogen) atoms. The summed E-state index contributed by atoms with van der Waals surface area (Å²) in [6.45, 7) is 0. The molecule has 0 bridgehead atoms. The number of aromatic carboxylic acids is 1. The van der Waals surface area contributed by atoms with Gasteiger partial charge < -0.3 is 15.9 Å². The Morgan fingerprint density at radius 2 is 2.00 bits per heavy atom. The van der Waals surface area contributed by atoms with Gasteiger partial charge in [-0.15, -0.1) is 0 Å². The summed E-state index contributed by atoms with van der Waals surface area (Å²) < 4.78 is 39.1. The molecule has 106 valence electrons. The number of alkyl halides is 3. The van der Waals surface area contributed by atoms with Crippen LogP contribution in [-0.4, -0.2) is 26.0 Å². The van der Waals surface area contributed by atoms with Gasteiger partial charge >= 0.3 is 12.1 Å². The van der Waals surface area contributed by atoms with Crippen molar-refractivity contribution in [2.24, 2.45) is 0 Å². The fourth-order valence-corrected chi connectivity index (χ4v) is 1.68. The number of nitrogens with zero attached hydrogens (tertiary/aromatic N) is 2. The van der Waals surface area contributed by atoms with E-state index in [1.807, 2.05) is 0 Å². The zero-order chi connectivity index (χ0) is 15.1. The van der Waals surface area contributed by atoms with Crippen LogP contribution in [0.2, 0.25) is 0 Å². The van der Waals surface area contributed by atoms with E-state index in [0.29, 0.717) is 4.68 Å². The van der Waals surface area contributed by atoms with E-state index in [0.717, 1.165) is 6.07 Å². The van der Waals surface area contributed by atoms with E-state index >= 15 is 0 Å². The number of phenolic OH excluding ortho intramolecular Hbond substituents is 1. The monoisotopic (exact) mass is 287 g/mol. The fraction of sp³-hybridized carbons (Fsp3) is 0.0909. The average Bonchev–Trinajstić information content (AvgIpc) is 2.66. The summed E-state index contributed by atoms with van der Waals surface area (Å²) in [6.07, 6.45) is -4.95. The molecule has 0 spiro atoms. The molecule has 2 aromatic rings. The van der Waals surface area contributed by atoms with Gasteiger partial charge in [0.15, 0.2) is 5.69 Å². The molecule has 0 aliphatic rings. The van der Waals surface area contributed by atoms with Crippen molar-refractivity contribution in [1.82, 2.24) is 9.78 Å². The summed E-state index contributed by atoms with van der Waals surface area (Å²) in [7, 11) is 0. The van der Waals surface area contributed by atoms with Crippen molar-refractivity contribution < 1.29 is 28.2 Å². The molecule has 0 aliphatic heterocycles. The van der Waals surface area contributed by atoms with Crippen molar-refractivity contribution in [3.63, 3.8) is 0 Å². The molecule has 0 atom stereocenters. The van der Waals surface area contributed by atoms with Gasteiger partial charge in [0.1, 0.15) is 17.1 Å². The number of halogens is 3. The van der Waals surface area contributed by atoms with E-state index < -0.39 is 29.2 Å². The van der Waals surface area contributed by atoms with Gasteiger partial charge in [0.2, 0.25) is 0 Å². The molecule has 2 rings (SSSR count). The highest BCUT2D eigenvalue weighted by Crippen LogP contribution is 2.37. The normalized spacial score (nSPS) is 11.6. The number of nitrogen functional groups attached to an aromatic ring is 1.